The Morgan fingerprint density at radius 3 is 2.42 bits per heavy atom. The van der Waals surface area contributed by atoms with Crippen LogP contribution in [0.25, 0.3) is 0 Å². The van der Waals surface area contributed by atoms with Gasteiger partial charge in [0.1, 0.15) is 0 Å². The molecule has 2 saturated heterocycles. The van der Waals surface area contributed by atoms with Crippen LogP contribution in [0.3, 0.4) is 0 Å². The molecule has 0 radical (unpaired) electrons. The van der Waals surface area contributed by atoms with Gasteiger partial charge in [-0.3, -0.25) is 0 Å². The van der Waals surface area contributed by atoms with Crippen LogP contribution in [0, 0.1) is 0 Å². The fourth-order valence-electron chi connectivity index (χ4n) is 3.29. The number of thioether (sulfide) groups is 1. The van der Waals surface area contributed by atoms with Crippen molar-refractivity contribution in [1.82, 2.24) is 5.32 Å². The van der Waals surface area contributed by atoms with E-state index in [2.05, 4.69) is 51.2 Å². The van der Waals surface area contributed by atoms with Crippen LogP contribution in [0.2, 0.25) is 0 Å². The minimum atomic E-state index is 0.758. The van der Waals surface area contributed by atoms with Gasteiger partial charge in [-0.05, 0) is 79.3 Å². The van der Waals surface area contributed by atoms with Crippen molar-refractivity contribution in [3.63, 3.8) is 0 Å². The fourth-order valence-corrected chi connectivity index (χ4v) is 5.12. The topological polar surface area (TPSA) is 12.0 Å². The van der Waals surface area contributed by atoms with Crippen molar-refractivity contribution in [3.05, 3.63) is 33.8 Å². The highest BCUT2D eigenvalue weighted by molar-refractivity contribution is 9.10. The van der Waals surface area contributed by atoms with E-state index in [4.69, 9.17) is 0 Å². The van der Waals surface area contributed by atoms with E-state index in [0.717, 1.165) is 11.8 Å². The third-order valence-electron chi connectivity index (χ3n) is 4.50. The normalized spacial score (nSPS) is 22.6. The number of nitrogens with one attached hydrogen (secondary N) is 1. The van der Waals surface area contributed by atoms with E-state index >= 15 is 0 Å². The van der Waals surface area contributed by atoms with Gasteiger partial charge < -0.3 is 5.32 Å². The van der Waals surface area contributed by atoms with Crippen LogP contribution < -0.4 is 5.32 Å². The van der Waals surface area contributed by atoms with E-state index in [1.165, 1.54) is 65.9 Å². The molecule has 3 heteroatoms. The summed E-state index contributed by atoms with van der Waals surface area (Å²) in [5.74, 6) is 4.19. The molecule has 1 N–H and O–H groups in total. The second-order valence-electron chi connectivity index (χ2n) is 5.69. The molecule has 1 aromatic carbocycles. The molecule has 0 unspecified atom stereocenters. The first kappa shape index (κ1) is 14.0. The Morgan fingerprint density at radius 2 is 1.74 bits per heavy atom. The number of halogens is 1. The van der Waals surface area contributed by atoms with E-state index in [1.54, 1.807) is 0 Å². The van der Waals surface area contributed by atoms with Crippen LogP contribution >= 0.6 is 27.7 Å². The first-order valence-corrected chi connectivity index (χ1v) is 9.37. The van der Waals surface area contributed by atoms with Gasteiger partial charge >= 0.3 is 0 Å². The Bertz CT molecular complexity index is 423. The highest BCUT2D eigenvalue weighted by Crippen LogP contribution is 2.37. The summed E-state index contributed by atoms with van der Waals surface area (Å²) in [5, 5.41) is 3.45. The predicted octanol–water partition coefficient (Wildman–Crippen LogP) is 4.53. The van der Waals surface area contributed by atoms with Gasteiger partial charge in [0.2, 0.25) is 0 Å². The number of hydrogen-bond acceptors (Lipinski definition) is 2. The Morgan fingerprint density at radius 1 is 1.00 bits per heavy atom. The lowest BCUT2D eigenvalue weighted by molar-refractivity contribution is 0.460. The van der Waals surface area contributed by atoms with Crippen LogP contribution in [0.5, 0.6) is 0 Å². The molecular formula is C16H22BrNS. The van der Waals surface area contributed by atoms with E-state index in [9.17, 15) is 0 Å². The zero-order valence-electron chi connectivity index (χ0n) is 11.3. The number of benzene rings is 1. The van der Waals surface area contributed by atoms with Gasteiger partial charge in [0.25, 0.3) is 0 Å². The van der Waals surface area contributed by atoms with Gasteiger partial charge in [-0.25, -0.2) is 0 Å². The summed E-state index contributed by atoms with van der Waals surface area (Å²) in [7, 11) is 0. The lowest BCUT2D eigenvalue weighted by atomic mass is 9.87. The van der Waals surface area contributed by atoms with Crippen molar-refractivity contribution in [2.24, 2.45) is 0 Å². The zero-order valence-corrected chi connectivity index (χ0v) is 13.7. The van der Waals surface area contributed by atoms with Gasteiger partial charge in [-0.2, -0.15) is 11.8 Å². The molecule has 0 aromatic heterocycles. The summed E-state index contributed by atoms with van der Waals surface area (Å²) in [6, 6.07) is 7.17. The lowest BCUT2D eigenvalue weighted by Crippen LogP contribution is -2.26. The van der Waals surface area contributed by atoms with Gasteiger partial charge in [-0.15, -0.1) is 0 Å². The van der Waals surface area contributed by atoms with Crippen LogP contribution in [0.15, 0.2) is 22.7 Å². The summed E-state index contributed by atoms with van der Waals surface area (Å²) in [5.41, 5.74) is 3.07. The molecular weight excluding hydrogens is 318 g/mol. The molecule has 0 bridgehead atoms. The smallest absolute Gasteiger partial charge is 0.0212 e. The van der Waals surface area contributed by atoms with Gasteiger partial charge in [0, 0.05) is 4.47 Å². The Balaban J connectivity index is 1.76. The van der Waals surface area contributed by atoms with Crippen molar-refractivity contribution >= 4 is 27.7 Å². The fraction of sp³-hybridized carbons (Fsp3) is 0.625. The van der Waals surface area contributed by atoms with Crippen molar-refractivity contribution < 1.29 is 0 Å². The summed E-state index contributed by atoms with van der Waals surface area (Å²) >= 11 is 5.93. The third-order valence-corrected chi connectivity index (χ3v) is 6.23. The van der Waals surface area contributed by atoms with Gasteiger partial charge in [-0.1, -0.05) is 28.1 Å². The highest BCUT2D eigenvalue weighted by atomic mass is 79.9. The maximum absolute atomic E-state index is 3.83. The van der Waals surface area contributed by atoms with E-state index in [0.29, 0.717) is 0 Å². The highest BCUT2D eigenvalue weighted by Gasteiger charge is 2.20. The third kappa shape index (κ3) is 3.37. The molecule has 19 heavy (non-hydrogen) atoms. The molecule has 0 aliphatic carbocycles. The maximum Gasteiger partial charge on any atom is 0.0212 e. The maximum atomic E-state index is 3.83. The lowest BCUT2D eigenvalue weighted by Gasteiger charge is -2.26. The molecule has 2 aliphatic heterocycles. The van der Waals surface area contributed by atoms with Gasteiger partial charge in [0.15, 0.2) is 0 Å². The van der Waals surface area contributed by atoms with Crippen LogP contribution in [0.1, 0.15) is 48.6 Å². The van der Waals surface area contributed by atoms with Crippen molar-refractivity contribution in [3.8, 4) is 0 Å². The molecule has 0 spiro atoms. The van der Waals surface area contributed by atoms with E-state index in [-0.39, 0.29) is 0 Å². The second kappa shape index (κ2) is 6.64. The Hall–Kier alpha value is 0.01000. The minimum absolute atomic E-state index is 0.758. The van der Waals surface area contributed by atoms with Crippen molar-refractivity contribution in [2.45, 2.75) is 37.5 Å². The molecule has 2 fully saturated rings. The molecule has 3 rings (SSSR count). The molecule has 0 atom stereocenters. The summed E-state index contributed by atoms with van der Waals surface area (Å²) < 4.78 is 1.35. The number of rotatable bonds is 2. The first-order valence-electron chi connectivity index (χ1n) is 7.42. The second-order valence-corrected chi connectivity index (χ2v) is 7.77. The molecule has 2 heterocycles. The summed E-state index contributed by atoms with van der Waals surface area (Å²) in [4.78, 5) is 0. The van der Waals surface area contributed by atoms with Gasteiger partial charge in [0.05, 0.1) is 0 Å². The standard InChI is InChI=1S/C16H22BrNS/c17-16-11-14(12-3-7-18-8-4-12)1-2-15(16)13-5-9-19-10-6-13/h1-2,11-13,18H,3-10H2. The quantitative estimate of drug-likeness (QED) is 0.849. The largest absolute Gasteiger partial charge is 0.317 e. The molecule has 0 saturated carbocycles. The van der Waals surface area contributed by atoms with Crippen LogP contribution in [-0.4, -0.2) is 24.6 Å². The van der Waals surface area contributed by atoms with Crippen LogP contribution in [0.4, 0.5) is 0 Å². The van der Waals surface area contributed by atoms with Crippen LogP contribution in [-0.2, 0) is 0 Å². The minimum Gasteiger partial charge on any atom is -0.317 e. The SMILES string of the molecule is Brc1cc(C2CCNCC2)ccc1C1CCSCC1. The zero-order chi connectivity index (χ0) is 13.1. The van der Waals surface area contributed by atoms with Crippen molar-refractivity contribution in [1.29, 1.82) is 0 Å². The average Bonchev–Trinajstić information content (AvgIpc) is 2.49. The number of piperidine rings is 1. The first-order chi connectivity index (χ1) is 9.34. The molecule has 2 aliphatic rings. The average molecular weight is 340 g/mol. The summed E-state index contributed by atoms with van der Waals surface area (Å²) in [6.45, 7) is 2.34. The summed E-state index contributed by atoms with van der Waals surface area (Å²) in [6.07, 6.45) is 5.25. The van der Waals surface area contributed by atoms with E-state index in [1.807, 2.05) is 0 Å². The predicted molar refractivity (Wildman–Crippen MR) is 88.3 cm³/mol. The molecule has 104 valence electrons. The molecule has 0 amide bonds. The molecule has 1 aromatic rings. The molecule has 1 nitrogen and oxygen atoms in total. The van der Waals surface area contributed by atoms with E-state index < -0.39 is 0 Å². The van der Waals surface area contributed by atoms with Crippen molar-refractivity contribution in [2.75, 3.05) is 24.6 Å². The Labute approximate surface area is 129 Å². The Kier molecular flexibility index (Phi) is 4.88. The number of hydrogen-bond donors (Lipinski definition) is 1. The monoisotopic (exact) mass is 339 g/mol.